The fraction of sp³-hybridized carbons (Fsp3) is 0.238. The third kappa shape index (κ3) is 2.64. The van der Waals surface area contributed by atoms with Crippen molar-refractivity contribution in [2.24, 2.45) is 0 Å². The van der Waals surface area contributed by atoms with Crippen LogP contribution in [0.2, 0.25) is 0 Å². The molecular formula is C21H20N2O2. The maximum atomic E-state index is 13.1. The fourth-order valence-corrected chi connectivity index (χ4v) is 3.72. The standard InChI is InChI=1S/C21H20N2O2/c1-16-22-12-13-23(16)15-19-14-21(20(24)25-19,17-8-4-2-5-9-17)18-10-6-3-7-11-18/h2-13,19H,14-15H2,1H3. The second kappa shape index (κ2) is 6.20. The van der Waals surface area contributed by atoms with Crippen LogP contribution in [0.15, 0.2) is 73.1 Å². The molecule has 0 bridgehead atoms. The number of benzene rings is 2. The molecule has 1 aliphatic heterocycles. The van der Waals surface area contributed by atoms with Crippen LogP contribution in [0.1, 0.15) is 23.4 Å². The van der Waals surface area contributed by atoms with Gasteiger partial charge in [-0.15, -0.1) is 0 Å². The largest absolute Gasteiger partial charge is 0.459 e. The normalized spacial score (nSPS) is 18.9. The molecule has 0 spiro atoms. The van der Waals surface area contributed by atoms with Crippen LogP contribution in [0.3, 0.4) is 0 Å². The average molecular weight is 332 g/mol. The first-order valence-corrected chi connectivity index (χ1v) is 8.50. The molecule has 1 fully saturated rings. The van der Waals surface area contributed by atoms with Gasteiger partial charge in [0.25, 0.3) is 0 Å². The molecule has 0 radical (unpaired) electrons. The highest BCUT2D eigenvalue weighted by atomic mass is 16.6. The van der Waals surface area contributed by atoms with Crippen molar-refractivity contribution in [3.05, 3.63) is 90.0 Å². The number of ether oxygens (including phenoxy) is 1. The van der Waals surface area contributed by atoms with Gasteiger partial charge in [0, 0.05) is 18.8 Å². The Balaban J connectivity index is 1.74. The lowest BCUT2D eigenvalue weighted by Gasteiger charge is -2.26. The van der Waals surface area contributed by atoms with Crippen molar-refractivity contribution >= 4 is 5.97 Å². The molecule has 1 saturated heterocycles. The van der Waals surface area contributed by atoms with Crippen molar-refractivity contribution in [1.82, 2.24) is 9.55 Å². The minimum absolute atomic E-state index is 0.173. The first-order valence-electron chi connectivity index (χ1n) is 8.50. The number of rotatable bonds is 4. The molecular weight excluding hydrogens is 312 g/mol. The molecule has 0 amide bonds. The van der Waals surface area contributed by atoms with Gasteiger partial charge in [0.05, 0.1) is 6.54 Å². The van der Waals surface area contributed by atoms with Crippen LogP contribution in [0.25, 0.3) is 0 Å². The van der Waals surface area contributed by atoms with Crippen LogP contribution < -0.4 is 0 Å². The Morgan fingerprint density at radius 2 is 1.68 bits per heavy atom. The number of hydrogen-bond acceptors (Lipinski definition) is 3. The van der Waals surface area contributed by atoms with Crippen LogP contribution in [0.4, 0.5) is 0 Å². The number of imidazole rings is 1. The minimum atomic E-state index is -0.748. The summed E-state index contributed by atoms with van der Waals surface area (Å²) in [6.45, 7) is 2.58. The molecule has 1 unspecified atom stereocenters. The molecule has 4 nitrogen and oxygen atoms in total. The number of nitrogens with zero attached hydrogens (tertiary/aromatic N) is 2. The number of aromatic nitrogens is 2. The predicted molar refractivity (Wildman–Crippen MR) is 95.1 cm³/mol. The third-order valence-electron chi connectivity index (χ3n) is 5.01. The molecule has 0 aliphatic carbocycles. The van der Waals surface area contributed by atoms with E-state index >= 15 is 0 Å². The first kappa shape index (κ1) is 15.6. The van der Waals surface area contributed by atoms with E-state index in [4.69, 9.17) is 4.74 Å². The average Bonchev–Trinajstić information content (AvgIpc) is 3.20. The van der Waals surface area contributed by atoms with Crippen LogP contribution >= 0.6 is 0 Å². The molecule has 25 heavy (non-hydrogen) atoms. The topological polar surface area (TPSA) is 44.1 Å². The lowest BCUT2D eigenvalue weighted by molar-refractivity contribution is -0.145. The SMILES string of the molecule is Cc1nccn1CC1CC(c2ccccc2)(c2ccccc2)C(=O)O1. The highest BCUT2D eigenvalue weighted by Crippen LogP contribution is 2.43. The van der Waals surface area contributed by atoms with E-state index in [1.54, 1.807) is 6.20 Å². The van der Waals surface area contributed by atoms with Gasteiger partial charge in [0.1, 0.15) is 17.3 Å². The summed E-state index contributed by atoms with van der Waals surface area (Å²) < 4.78 is 7.86. The quantitative estimate of drug-likeness (QED) is 0.687. The lowest BCUT2D eigenvalue weighted by Crippen LogP contribution is -2.33. The molecule has 2 heterocycles. The van der Waals surface area contributed by atoms with Gasteiger partial charge in [-0.3, -0.25) is 4.79 Å². The molecule has 126 valence electrons. The van der Waals surface area contributed by atoms with Gasteiger partial charge in [0.2, 0.25) is 0 Å². The van der Waals surface area contributed by atoms with Crippen molar-refractivity contribution < 1.29 is 9.53 Å². The van der Waals surface area contributed by atoms with Crippen molar-refractivity contribution in [3.63, 3.8) is 0 Å². The third-order valence-corrected chi connectivity index (χ3v) is 5.01. The zero-order valence-corrected chi connectivity index (χ0v) is 14.1. The second-order valence-corrected chi connectivity index (χ2v) is 6.50. The van der Waals surface area contributed by atoms with Gasteiger partial charge in [0.15, 0.2) is 0 Å². The van der Waals surface area contributed by atoms with Crippen molar-refractivity contribution in [3.8, 4) is 0 Å². The zero-order valence-electron chi connectivity index (χ0n) is 14.1. The maximum absolute atomic E-state index is 13.1. The number of carbonyl (C=O) groups is 1. The van der Waals surface area contributed by atoms with Gasteiger partial charge < -0.3 is 9.30 Å². The lowest BCUT2D eigenvalue weighted by atomic mass is 9.72. The van der Waals surface area contributed by atoms with Gasteiger partial charge >= 0.3 is 5.97 Å². The van der Waals surface area contributed by atoms with E-state index < -0.39 is 5.41 Å². The van der Waals surface area contributed by atoms with Crippen LogP contribution in [0.5, 0.6) is 0 Å². The predicted octanol–water partition coefficient (Wildman–Crippen LogP) is 3.49. The molecule has 4 rings (SSSR count). The van der Waals surface area contributed by atoms with Crippen molar-refractivity contribution in [2.75, 3.05) is 0 Å². The number of esters is 1. The summed E-state index contributed by atoms with van der Waals surface area (Å²) in [6, 6.07) is 19.9. The Hall–Kier alpha value is -2.88. The summed E-state index contributed by atoms with van der Waals surface area (Å²) >= 11 is 0. The molecule has 1 aliphatic rings. The molecule has 0 saturated carbocycles. The van der Waals surface area contributed by atoms with E-state index in [2.05, 4.69) is 4.98 Å². The summed E-state index contributed by atoms with van der Waals surface area (Å²) in [5.74, 6) is 0.751. The Morgan fingerprint density at radius 1 is 1.08 bits per heavy atom. The van der Waals surface area contributed by atoms with Gasteiger partial charge in [-0.05, 0) is 18.1 Å². The summed E-state index contributed by atoms with van der Waals surface area (Å²) in [5, 5.41) is 0. The van der Waals surface area contributed by atoms with Crippen molar-refractivity contribution in [1.29, 1.82) is 0 Å². The van der Waals surface area contributed by atoms with Crippen LogP contribution in [0, 0.1) is 6.92 Å². The Labute approximate surface area is 147 Å². The smallest absolute Gasteiger partial charge is 0.321 e. The molecule has 2 aromatic carbocycles. The molecule has 0 N–H and O–H groups in total. The Kier molecular flexibility index (Phi) is 3.88. The summed E-state index contributed by atoms with van der Waals surface area (Å²) in [5.41, 5.74) is 1.22. The molecule has 1 atom stereocenters. The van der Waals surface area contributed by atoms with Crippen LogP contribution in [-0.2, 0) is 21.5 Å². The van der Waals surface area contributed by atoms with Crippen LogP contribution in [-0.4, -0.2) is 21.6 Å². The van der Waals surface area contributed by atoms with E-state index in [-0.39, 0.29) is 12.1 Å². The number of cyclic esters (lactones) is 1. The number of carbonyl (C=O) groups excluding carboxylic acids is 1. The summed E-state index contributed by atoms with van der Waals surface area (Å²) in [7, 11) is 0. The van der Waals surface area contributed by atoms with E-state index in [0.717, 1.165) is 17.0 Å². The van der Waals surface area contributed by atoms with E-state index in [9.17, 15) is 4.79 Å². The van der Waals surface area contributed by atoms with Crippen molar-refractivity contribution in [2.45, 2.75) is 31.4 Å². The zero-order chi connectivity index (χ0) is 17.3. The molecule has 3 aromatic rings. The second-order valence-electron chi connectivity index (χ2n) is 6.50. The van der Waals surface area contributed by atoms with Gasteiger partial charge in [-0.2, -0.15) is 0 Å². The highest BCUT2D eigenvalue weighted by Gasteiger charge is 2.51. The first-order chi connectivity index (χ1) is 12.2. The maximum Gasteiger partial charge on any atom is 0.321 e. The summed E-state index contributed by atoms with van der Waals surface area (Å²) in [4.78, 5) is 17.3. The van der Waals surface area contributed by atoms with E-state index in [0.29, 0.717) is 13.0 Å². The van der Waals surface area contributed by atoms with E-state index in [1.165, 1.54) is 0 Å². The minimum Gasteiger partial charge on any atom is -0.459 e. The molecule has 1 aromatic heterocycles. The highest BCUT2D eigenvalue weighted by molar-refractivity contribution is 5.89. The monoisotopic (exact) mass is 332 g/mol. The Bertz CT molecular complexity index is 832. The summed E-state index contributed by atoms with van der Waals surface area (Å²) in [6.07, 6.45) is 4.14. The van der Waals surface area contributed by atoms with Gasteiger partial charge in [-0.1, -0.05) is 60.7 Å². The fourth-order valence-electron chi connectivity index (χ4n) is 3.72. The number of hydrogen-bond donors (Lipinski definition) is 0. The number of aryl methyl sites for hydroxylation is 1. The molecule has 4 heteroatoms. The Morgan fingerprint density at radius 3 is 2.20 bits per heavy atom. The van der Waals surface area contributed by atoms with E-state index in [1.807, 2.05) is 78.4 Å². The van der Waals surface area contributed by atoms with Gasteiger partial charge in [-0.25, -0.2) is 4.98 Å².